The van der Waals surface area contributed by atoms with Crippen LogP contribution >= 0.6 is 0 Å². The summed E-state index contributed by atoms with van der Waals surface area (Å²) in [5.41, 5.74) is 6.38. The molecule has 0 unspecified atom stereocenters. The first kappa shape index (κ1) is 19.5. The van der Waals surface area contributed by atoms with Crippen LogP contribution in [0.2, 0.25) is 0 Å². The summed E-state index contributed by atoms with van der Waals surface area (Å²) in [5.74, 6) is 1.65. The van der Waals surface area contributed by atoms with Crippen LogP contribution in [0.5, 0.6) is 11.5 Å². The molecule has 1 aromatic rings. The molecule has 1 aromatic carbocycles. The van der Waals surface area contributed by atoms with Gasteiger partial charge in [-0.25, -0.2) is 0 Å². The van der Waals surface area contributed by atoms with Crippen molar-refractivity contribution in [1.82, 2.24) is 9.80 Å². The zero-order valence-corrected chi connectivity index (χ0v) is 16.1. The average Bonchev–Trinajstić information content (AvgIpc) is 3.21. The van der Waals surface area contributed by atoms with E-state index in [1.54, 1.807) is 37.3 Å². The van der Waals surface area contributed by atoms with Gasteiger partial charge in [-0.05, 0) is 43.5 Å². The third-order valence-corrected chi connectivity index (χ3v) is 5.79. The van der Waals surface area contributed by atoms with Crippen molar-refractivity contribution in [1.29, 1.82) is 0 Å². The van der Waals surface area contributed by atoms with Crippen LogP contribution in [0.15, 0.2) is 18.2 Å². The molecule has 1 aliphatic heterocycles. The predicted octanol–water partition coefficient (Wildman–Crippen LogP) is 1.36. The maximum absolute atomic E-state index is 12.8. The summed E-state index contributed by atoms with van der Waals surface area (Å²) in [7, 11) is 3.11. The van der Waals surface area contributed by atoms with Crippen molar-refractivity contribution in [2.75, 3.05) is 46.9 Å². The van der Waals surface area contributed by atoms with Crippen LogP contribution in [-0.2, 0) is 4.79 Å². The highest BCUT2D eigenvalue weighted by molar-refractivity contribution is 5.95. The Bertz CT molecular complexity index is 686. The SMILES string of the molecule is COc1ccc(C(=O)N2CCN(C(=O)[C@@H]3CCC[C@@H]3CN)CC2)cc1OC. The Morgan fingerprint density at radius 3 is 2.33 bits per heavy atom. The smallest absolute Gasteiger partial charge is 0.254 e. The third kappa shape index (κ3) is 4.03. The minimum Gasteiger partial charge on any atom is -0.493 e. The van der Waals surface area contributed by atoms with E-state index in [4.69, 9.17) is 15.2 Å². The Morgan fingerprint density at radius 1 is 1.04 bits per heavy atom. The van der Waals surface area contributed by atoms with Crippen molar-refractivity contribution < 1.29 is 19.1 Å². The van der Waals surface area contributed by atoms with Crippen molar-refractivity contribution >= 4 is 11.8 Å². The average molecular weight is 375 g/mol. The molecule has 0 aromatic heterocycles. The van der Waals surface area contributed by atoms with Gasteiger partial charge in [-0.1, -0.05) is 6.42 Å². The first-order valence-corrected chi connectivity index (χ1v) is 9.59. The number of benzene rings is 1. The number of hydrogen-bond donors (Lipinski definition) is 1. The molecule has 0 spiro atoms. The lowest BCUT2D eigenvalue weighted by molar-refractivity contribution is -0.138. The molecule has 0 radical (unpaired) electrons. The molecule has 2 N–H and O–H groups in total. The quantitative estimate of drug-likeness (QED) is 0.840. The molecule has 27 heavy (non-hydrogen) atoms. The van der Waals surface area contributed by atoms with Gasteiger partial charge in [0.1, 0.15) is 0 Å². The standard InChI is InChI=1S/C20H29N3O4/c1-26-17-7-6-14(12-18(17)27-2)19(24)22-8-10-23(11-9-22)20(25)16-5-3-4-15(16)13-21/h6-7,12,15-16H,3-5,8-11,13,21H2,1-2H3/t15-,16-/m1/s1. The van der Waals surface area contributed by atoms with E-state index >= 15 is 0 Å². The maximum atomic E-state index is 12.8. The van der Waals surface area contributed by atoms with E-state index in [1.165, 1.54) is 0 Å². The normalized spacial score (nSPS) is 22.6. The third-order valence-electron chi connectivity index (χ3n) is 5.79. The van der Waals surface area contributed by atoms with E-state index in [0.717, 1.165) is 19.3 Å². The Morgan fingerprint density at radius 2 is 1.70 bits per heavy atom. The fourth-order valence-corrected chi connectivity index (χ4v) is 4.16. The van der Waals surface area contributed by atoms with E-state index in [2.05, 4.69) is 0 Å². The minimum atomic E-state index is -0.0521. The van der Waals surface area contributed by atoms with Crippen molar-refractivity contribution in [3.8, 4) is 11.5 Å². The second-order valence-corrected chi connectivity index (χ2v) is 7.22. The number of nitrogens with zero attached hydrogens (tertiary/aromatic N) is 2. The molecule has 3 rings (SSSR count). The number of carbonyl (C=O) groups excluding carboxylic acids is 2. The van der Waals surface area contributed by atoms with Gasteiger partial charge in [0.15, 0.2) is 11.5 Å². The second kappa shape index (κ2) is 8.61. The lowest BCUT2D eigenvalue weighted by Crippen LogP contribution is -2.52. The summed E-state index contributed by atoms with van der Waals surface area (Å²) in [6, 6.07) is 5.17. The van der Waals surface area contributed by atoms with E-state index in [0.29, 0.717) is 55.7 Å². The van der Waals surface area contributed by atoms with Crippen molar-refractivity contribution in [3.63, 3.8) is 0 Å². The Kier molecular flexibility index (Phi) is 6.21. The number of nitrogens with two attached hydrogens (primary N) is 1. The molecule has 7 heteroatoms. The van der Waals surface area contributed by atoms with Crippen molar-refractivity contribution in [3.05, 3.63) is 23.8 Å². The predicted molar refractivity (Wildman–Crippen MR) is 102 cm³/mol. The van der Waals surface area contributed by atoms with Gasteiger partial charge in [0.25, 0.3) is 5.91 Å². The molecule has 1 saturated heterocycles. The van der Waals surface area contributed by atoms with E-state index in [-0.39, 0.29) is 17.7 Å². The summed E-state index contributed by atoms with van der Waals surface area (Å²) in [6.07, 6.45) is 3.06. The lowest BCUT2D eigenvalue weighted by atomic mass is 9.94. The van der Waals surface area contributed by atoms with Gasteiger partial charge in [-0.2, -0.15) is 0 Å². The van der Waals surface area contributed by atoms with Gasteiger partial charge in [0.05, 0.1) is 14.2 Å². The Labute approximate surface area is 160 Å². The molecule has 1 aliphatic carbocycles. The van der Waals surface area contributed by atoms with Crippen molar-refractivity contribution in [2.24, 2.45) is 17.6 Å². The highest BCUT2D eigenvalue weighted by Gasteiger charge is 2.36. The first-order chi connectivity index (χ1) is 13.1. The number of hydrogen-bond acceptors (Lipinski definition) is 5. The minimum absolute atomic E-state index is 0.0521. The van der Waals surface area contributed by atoms with Crippen LogP contribution in [0.3, 0.4) is 0 Å². The molecule has 2 atom stereocenters. The Hall–Kier alpha value is -2.28. The lowest BCUT2D eigenvalue weighted by Gasteiger charge is -2.36. The highest BCUT2D eigenvalue weighted by atomic mass is 16.5. The van der Waals surface area contributed by atoms with Gasteiger partial charge < -0.3 is 25.0 Å². The second-order valence-electron chi connectivity index (χ2n) is 7.22. The molecule has 7 nitrogen and oxygen atoms in total. The Balaban J connectivity index is 1.60. The van der Waals surface area contributed by atoms with Gasteiger partial charge in [-0.15, -0.1) is 0 Å². The zero-order valence-electron chi connectivity index (χ0n) is 16.1. The van der Waals surface area contributed by atoms with Crippen LogP contribution in [0.25, 0.3) is 0 Å². The number of methoxy groups -OCH3 is 2. The monoisotopic (exact) mass is 375 g/mol. The summed E-state index contributed by atoms with van der Waals surface area (Å²) in [6.45, 7) is 2.81. The topological polar surface area (TPSA) is 85.1 Å². The fourth-order valence-electron chi connectivity index (χ4n) is 4.16. The number of amides is 2. The van der Waals surface area contributed by atoms with E-state index in [1.807, 2.05) is 4.90 Å². The molecule has 2 fully saturated rings. The maximum Gasteiger partial charge on any atom is 0.254 e. The van der Waals surface area contributed by atoms with Crippen LogP contribution in [0.1, 0.15) is 29.6 Å². The van der Waals surface area contributed by atoms with E-state index in [9.17, 15) is 9.59 Å². The fraction of sp³-hybridized carbons (Fsp3) is 0.600. The molecular weight excluding hydrogens is 346 g/mol. The van der Waals surface area contributed by atoms with Crippen LogP contribution in [-0.4, -0.2) is 68.6 Å². The summed E-state index contributed by atoms with van der Waals surface area (Å²) < 4.78 is 10.5. The van der Waals surface area contributed by atoms with Gasteiger partial charge in [0.2, 0.25) is 5.91 Å². The molecule has 1 saturated carbocycles. The van der Waals surface area contributed by atoms with Crippen LogP contribution in [0.4, 0.5) is 0 Å². The summed E-state index contributed by atoms with van der Waals surface area (Å²) in [4.78, 5) is 29.3. The number of piperazine rings is 1. The van der Waals surface area contributed by atoms with Crippen molar-refractivity contribution in [2.45, 2.75) is 19.3 Å². The number of carbonyl (C=O) groups is 2. The van der Waals surface area contributed by atoms with Gasteiger partial charge in [-0.3, -0.25) is 9.59 Å². The zero-order chi connectivity index (χ0) is 19.4. The van der Waals surface area contributed by atoms with Crippen LogP contribution in [0, 0.1) is 11.8 Å². The number of rotatable bonds is 5. The first-order valence-electron chi connectivity index (χ1n) is 9.59. The molecule has 0 bridgehead atoms. The molecule has 2 aliphatic rings. The highest BCUT2D eigenvalue weighted by Crippen LogP contribution is 2.33. The molecule has 2 amide bonds. The number of ether oxygens (including phenoxy) is 2. The molecular formula is C20H29N3O4. The van der Waals surface area contributed by atoms with Gasteiger partial charge >= 0.3 is 0 Å². The van der Waals surface area contributed by atoms with E-state index < -0.39 is 0 Å². The largest absolute Gasteiger partial charge is 0.493 e. The summed E-state index contributed by atoms with van der Waals surface area (Å²) >= 11 is 0. The van der Waals surface area contributed by atoms with Crippen LogP contribution < -0.4 is 15.2 Å². The van der Waals surface area contributed by atoms with Gasteiger partial charge in [0, 0.05) is 37.7 Å². The molecule has 1 heterocycles. The summed E-state index contributed by atoms with van der Waals surface area (Å²) in [5, 5.41) is 0. The molecule has 148 valence electrons.